The Hall–Kier alpha value is -3.34. The van der Waals surface area contributed by atoms with Gasteiger partial charge in [0, 0.05) is 25.2 Å². The molecule has 1 aliphatic heterocycles. The molecule has 10 nitrogen and oxygen atoms in total. The van der Waals surface area contributed by atoms with Gasteiger partial charge in [-0.25, -0.2) is 9.78 Å². The van der Waals surface area contributed by atoms with Crippen LogP contribution >= 0.6 is 11.3 Å². The average molecular weight is 458 g/mol. The second kappa shape index (κ2) is 9.43. The second-order valence-electron chi connectivity index (χ2n) is 7.57. The van der Waals surface area contributed by atoms with Gasteiger partial charge in [0.15, 0.2) is 0 Å². The third-order valence-electron chi connectivity index (χ3n) is 5.35. The topological polar surface area (TPSA) is 120 Å². The lowest BCUT2D eigenvalue weighted by Gasteiger charge is -2.22. The third-order valence-corrected chi connectivity index (χ3v) is 6.40. The van der Waals surface area contributed by atoms with E-state index in [0.29, 0.717) is 22.8 Å². The molecule has 0 radical (unpaired) electrons. The first-order valence-corrected chi connectivity index (χ1v) is 11.4. The zero-order chi connectivity index (χ0) is 22.7. The Labute approximate surface area is 187 Å². The van der Waals surface area contributed by atoms with Gasteiger partial charge in [-0.05, 0) is 31.4 Å². The number of carbonyl (C=O) groups excluding carboxylic acids is 1. The van der Waals surface area contributed by atoms with E-state index in [1.807, 2.05) is 11.8 Å². The number of fused-ring (bicyclic) bond motifs is 1. The van der Waals surface area contributed by atoms with E-state index in [0.717, 1.165) is 43.8 Å². The average Bonchev–Trinajstić information content (AvgIpc) is 3.03. The number of carbonyl (C=O) groups is 1. The second-order valence-corrected chi connectivity index (χ2v) is 8.61. The summed E-state index contributed by atoms with van der Waals surface area (Å²) in [6, 6.07) is 5.67. The molecule has 0 bridgehead atoms. The molecule has 1 aliphatic rings. The fraction of sp³-hybridized carbons (Fsp3) is 0.429. The summed E-state index contributed by atoms with van der Waals surface area (Å²) in [7, 11) is 0. The number of nitro benzene ring substituents is 1. The molecule has 3 heterocycles. The van der Waals surface area contributed by atoms with E-state index >= 15 is 0 Å². The molecule has 0 N–H and O–H groups in total. The molecule has 3 aromatic rings. The maximum Gasteiger partial charge on any atom is 0.338 e. The summed E-state index contributed by atoms with van der Waals surface area (Å²) >= 11 is 1.30. The molecule has 0 spiro atoms. The van der Waals surface area contributed by atoms with Crippen molar-refractivity contribution < 1.29 is 14.5 Å². The molecule has 2 aromatic heterocycles. The van der Waals surface area contributed by atoms with Crippen LogP contribution in [0, 0.1) is 10.1 Å². The van der Waals surface area contributed by atoms with Gasteiger partial charge in [-0.3, -0.25) is 14.9 Å². The molecule has 168 valence electrons. The molecule has 0 atom stereocenters. The number of hydrogen-bond donors (Lipinski definition) is 0. The summed E-state index contributed by atoms with van der Waals surface area (Å²) in [6.07, 6.45) is 4.87. The number of benzene rings is 1. The number of rotatable bonds is 6. The number of anilines is 1. The molecule has 1 fully saturated rings. The first kappa shape index (κ1) is 21.9. The third kappa shape index (κ3) is 4.62. The van der Waals surface area contributed by atoms with E-state index in [1.165, 1.54) is 34.1 Å². The predicted molar refractivity (Wildman–Crippen MR) is 119 cm³/mol. The van der Waals surface area contributed by atoms with Crippen LogP contribution in [0.15, 0.2) is 29.1 Å². The van der Waals surface area contributed by atoms with Crippen LogP contribution in [-0.2, 0) is 17.8 Å². The monoisotopic (exact) mass is 457 g/mol. The standard InChI is InChI=1S/C21H23N5O5S/c1-2-18-23-25-19(27)12-15(22-21(25)32-18)13-31-20(28)14-7-8-16(17(11-14)26(29)30)24-9-5-3-4-6-10-24/h7-8,11-12H,2-6,9-10,13H2,1H3. The highest BCUT2D eigenvalue weighted by molar-refractivity contribution is 7.16. The number of aromatic nitrogens is 3. The van der Waals surface area contributed by atoms with Gasteiger partial charge in [0.05, 0.1) is 16.2 Å². The molecule has 1 saturated heterocycles. The summed E-state index contributed by atoms with van der Waals surface area (Å²) in [5, 5.41) is 16.6. The summed E-state index contributed by atoms with van der Waals surface area (Å²) in [5.74, 6) is -0.712. The fourth-order valence-electron chi connectivity index (χ4n) is 3.71. The molecule has 0 aliphatic carbocycles. The van der Waals surface area contributed by atoms with Crippen LogP contribution in [0.25, 0.3) is 4.96 Å². The summed E-state index contributed by atoms with van der Waals surface area (Å²) in [4.78, 5) is 42.7. The molecule has 11 heteroatoms. The lowest BCUT2D eigenvalue weighted by molar-refractivity contribution is -0.384. The van der Waals surface area contributed by atoms with Crippen LogP contribution in [-0.4, -0.2) is 38.6 Å². The number of nitro groups is 1. The molecular weight excluding hydrogens is 434 g/mol. The Bertz CT molecular complexity index is 1210. The largest absolute Gasteiger partial charge is 0.456 e. The SMILES string of the molecule is CCc1nn2c(=O)cc(COC(=O)c3ccc(N4CCCCCC4)c([N+](=O)[O-])c3)nc2s1. The van der Waals surface area contributed by atoms with Crippen molar-refractivity contribution in [3.05, 3.63) is 61.0 Å². The molecule has 32 heavy (non-hydrogen) atoms. The smallest absolute Gasteiger partial charge is 0.338 e. The zero-order valence-corrected chi connectivity index (χ0v) is 18.5. The Morgan fingerprint density at radius 3 is 2.66 bits per heavy atom. The van der Waals surface area contributed by atoms with E-state index < -0.39 is 10.9 Å². The predicted octanol–water partition coefficient (Wildman–Crippen LogP) is 3.36. The molecule has 0 unspecified atom stereocenters. The molecule has 1 aromatic carbocycles. The van der Waals surface area contributed by atoms with Crippen LogP contribution in [0.1, 0.15) is 53.7 Å². The van der Waals surface area contributed by atoms with Gasteiger partial charge in [-0.1, -0.05) is 31.1 Å². The fourth-order valence-corrected chi connectivity index (χ4v) is 4.57. The van der Waals surface area contributed by atoms with Gasteiger partial charge >= 0.3 is 5.97 Å². The highest BCUT2D eigenvalue weighted by atomic mass is 32.1. The van der Waals surface area contributed by atoms with Crippen molar-refractivity contribution in [2.75, 3.05) is 18.0 Å². The van der Waals surface area contributed by atoms with Gasteiger partial charge in [0.2, 0.25) is 4.96 Å². The number of aryl methyl sites for hydroxylation is 1. The van der Waals surface area contributed by atoms with Crippen LogP contribution in [0.2, 0.25) is 0 Å². The molecule has 4 rings (SSSR count). The minimum atomic E-state index is -0.712. The van der Waals surface area contributed by atoms with Crippen LogP contribution in [0.3, 0.4) is 0 Å². The van der Waals surface area contributed by atoms with Gasteiger partial charge in [-0.15, -0.1) is 0 Å². The Morgan fingerprint density at radius 1 is 1.22 bits per heavy atom. The van der Waals surface area contributed by atoms with Gasteiger partial charge in [0.1, 0.15) is 17.3 Å². The van der Waals surface area contributed by atoms with E-state index in [9.17, 15) is 19.7 Å². The summed E-state index contributed by atoms with van der Waals surface area (Å²) < 4.78 is 6.51. The molecule has 0 saturated carbocycles. The van der Waals surface area contributed by atoms with E-state index in [1.54, 1.807) is 6.07 Å². The van der Waals surface area contributed by atoms with Crippen molar-refractivity contribution >= 4 is 33.6 Å². The van der Waals surface area contributed by atoms with Crippen LogP contribution in [0.5, 0.6) is 0 Å². The van der Waals surface area contributed by atoms with Crippen molar-refractivity contribution in [3.8, 4) is 0 Å². The first-order chi connectivity index (χ1) is 15.5. The lowest BCUT2D eigenvalue weighted by Crippen LogP contribution is -2.25. The Balaban J connectivity index is 1.52. The van der Waals surface area contributed by atoms with E-state index in [2.05, 4.69) is 10.1 Å². The number of esters is 1. The highest BCUT2D eigenvalue weighted by Crippen LogP contribution is 2.31. The van der Waals surface area contributed by atoms with Crippen molar-refractivity contribution in [3.63, 3.8) is 0 Å². The molecule has 0 amide bonds. The minimum Gasteiger partial charge on any atom is -0.456 e. The maximum absolute atomic E-state index is 12.6. The van der Waals surface area contributed by atoms with Gasteiger partial charge < -0.3 is 9.64 Å². The normalized spacial score (nSPS) is 14.3. The van der Waals surface area contributed by atoms with E-state index in [-0.39, 0.29) is 23.4 Å². The Morgan fingerprint density at radius 2 is 1.97 bits per heavy atom. The van der Waals surface area contributed by atoms with Crippen LogP contribution < -0.4 is 10.5 Å². The van der Waals surface area contributed by atoms with Crippen molar-refractivity contribution in [1.29, 1.82) is 0 Å². The molecular formula is C21H23N5O5S. The quantitative estimate of drug-likeness (QED) is 0.314. The highest BCUT2D eigenvalue weighted by Gasteiger charge is 2.23. The number of ether oxygens (including phenoxy) is 1. The van der Waals surface area contributed by atoms with Crippen LogP contribution in [0.4, 0.5) is 11.4 Å². The van der Waals surface area contributed by atoms with Gasteiger partial charge in [0.25, 0.3) is 11.2 Å². The van der Waals surface area contributed by atoms with Crippen molar-refractivity contribution in [2.45, 2.75) is 45.6 Å². The lowest BCUT2D eigenvalue weighted by atomic mass is 10.1. The maximum atomic E-state index is 12.6. The van der Waals surface area contributed by atoms with Gasteiger partial charge in [-0.2, -0.15) is 9.61 Å². The van der Waals surface area contributed by atoms with E-state index in [4.69, 9.17) is 4.74 Å². The number of hydrogen-bond acceptors (Lipinski definition) is 9. The summed E-state index contributed by atoms with van der Waals surface area (Å²) in [5.41, 5.74) is 0.431. The first-order valence-electron chi connectivity index (χ1n) is 10.6. The van der Waals surface area contributed by atoms with Crippen molar-refractivity contribution in [1.82, 2.24) is 14.6 Å². The summed E-state index contributed by atoms with van der Waals surface area (Å²) in [6.45, 7) is 3.23. The minimum absolute atomic E-state index is 0.0825. The number of nitrogens with zero attached hydrogens (tertiary/aromatic N) is 5. The Kier molecular flexibility index (Phi) is 6.45. The zero-order valence-electron chi connectivity index (χ0n) is 17.7. The van der Waals surface area contributed by atoms with Crippen molar-refractivity contribution in [2.24, 2.45) is 0 Å².